The number of hydrogen-bond acceptors (Lipinski definition) is 2. The van der Waals surface area contributed by atoms with E-state index in [1.807, 2.05) is 12.1 Å². The molecule has 1 aromatic rings. The molecule has 0 fully saturated rings. The van der Waals surface area contributed by atoms with Crippen molar-refractivity contribution in [3.63, 3.8) is 0 Å². The Morgan fingerprint density at radius 1 is 1.25 bits per heavy atom. The zero-order chi connectivity index (χ0) is 12.0. The van der Waals surface area contributed by atoms with Gasteiger partial charge in [0.1, 0.15) is 5.75 Å². The third-order valence-electron chi connectivity index (χ3n) is 3.34. The highest BCUT2D eigenvalue weighted by Gasteiger charge is 2.15. The fourth-order valence-corrected chi connectivity index (χ4v) is 1.84. The Hall–Kier alpha value is -1.02. The maximum atomic E-state index is 9.36. The van der Waals surface area contributed by atoms with Crippen molar-refractivity contribution in [2.24, 2.45) is 11.8 Å². The second-order valence-corrected chi connectivity index (χ2v) is 4.38. The summed E-state index contributed by atoms with van der Waals surface area (Å²) in [5, 5.41) is 9.36. The summed E-state index contributed by atoms with van der Waals surface area (Å²) in [6.07, 6.45) is 2.05. The summed E-state index contributed by atoms with van der Waals surface area (Å²) >= 11 is 0. The molecule has 2 heteroatoms. The highest BCUT2D eigenvalue weighted by atomic mass is 16.5. The molecular weight excluding hydrogens is 200 g/mol. The van der Waals surface area contributed by atoms with Crippen molar-refractivity contribution in [1.29, 1.82) is 0 Å². The van der Waals surface area contributed by atoms with Crippen LogP contribution in [0.25, 0.3) is 0 Å². The molecular formula is C14H22O2. The first kappa shape index (κ1) is 13.0. The Morgan fingerprint density at radius 3 is 2.31 bits per heavy atom. The molecule has 0 aliphatic rings. The SMILES string of the molecule is CCC(C)C(CO)Cc1ccc(OC)cc1. The van der Waals surface area contributed by atoms with Gasteiger partial charge in [0.25, 0.3) is 0 Å². The van der Waals surface area contributed by atoms with Crippen LogP contribution in [0.2, 0.25) is 0 Å². The summed E-state index contributed by atoms with van der Waals surface area (Å²) in [5.74, 6) is 1.80. The first-order chi connectivity index (χ1) is 7.71. The lowest BCUT2D eigenvalue weighted by Gasteiger charge is -2.20. The van der Waals surface area contributed by atoms with Crippen LogP contribution in [-0.4, -0.2) is 18.8 Å². The van der Waals surface area contributed by atoms with Crippen molar-refractivity contribution in [2.45, 2.75) is 26.7 Å². The molecule has 0 bridgehead atoms. The largest absolute Gasteiger partial charge is 0.497 e. The summed E-state index contributed by atoms with van der Waals surface area (Å²) in [6, 6.07) is 8.09. The second-order valence-electron chi connectivity index (χ2n) is 4.38. The Kier molecular flexibility index (Phi) is 5.33. The Balaban J connectivity index is 2.63. The van der Waals surface area contributed by atoms with Gasteiger partial charge in [0.2, 0.25) is 0 Å². The Morgan fingerprint density at radius 2 is 1.88 bits per heavy atom. The summed E-state index contributed by atoms with van der Waals surface area (Å²) in [4.78, 5) is 0. The maximum absolute atomic E-state index is 9.36. The van der Waals surface area contributed by atoms with E-state index in [-0.39, 0.29) is 6.61 Å². The van der Waals surface area contributed by atoms with Crippen LogP contribution >= 0.6 is 0 Å². The number of aliphatic hydroxyl groups is 1. The highest BCUT2D eigenvalue weighted by molar-refractivity contribution is 5.27. The van der Waals surface area contributed by atoms with Gasteiger partial charge in [-0.2, -0.15) is 0 Å². The van der Waals surface area contributed by atoms with Crippen LogP contribution in [0.1, 0.15) is 25.8 Å². The highest BCUT2D eigenvalue weighted by Crippen LogP contribution is 2.21. The predicted octanol–water partition coefficient (Wildman–Crippen LogP) is 2.89. The summed E-state index contributed by atoms with van der Waals surface area (Å²) in [6.45, 7) is 4.63. The fourth-order valence-electron chi connectivity index (χ4n) is 1.84. The smallest absolute Gasteiger partial charge is 0.118 e. The van der Waals surface area contributed by atoms with Crippen molar-refractivity contribution in [3.05, 3.63) is 29.8 Å². The molecule has 0 radical (unpaired) electrons. The van der Waals surface area contributed by atoms with E-state index in [1.54, 1.807) is 7.11 Å². The summed E-state index contributed by atoms with van der Waals surface area (Å²) in [7, 11) is 1.67. The monoisotopic (exact) mass is 222 g/mol. The zero-order valence-corrected chi connectivity index (χ0v) is 10.4. The topological polar surface area (TPSA) is 29.5 Å². The van der Waals surface area contributed by atoms with Gasteiger partial charge in [0.05, 0.1) is 7.11 Å². The number of aliphatic hydroxyl groups excluding tert-OH is 1. The van der Waals surface area contributed by atoms with Crippen molar-refractivity contribution >= 4 is 0 Å². The molecule has 0 heterocycles. The van der Waals surface area contributed by atoms with Gasteiger partial charge in [0.15, 0.2) is 0 Å². The van der Waals surface area contributed by atoms with Crippen molar-refractivity contribution in [3.8, 4) is 5.75 Å². The standard InChI is InChI=1S/C14H22O2/c1-4-11(2)13(10-15)9-12-5-7-14(16-3)8-6-12/h5-8,11,13,15H,4,9-10H2,1-3H3. The fraction of sp³-hybridized carbons (Fsp3) is 0.571. The van der Waals surface area contributed by atoms with Gasteiger partial charge in [-0.3, -0.25) is 0 Å². The van der Waals surface area contributed by atoms with E-state index in [4.69, 9.17) is 4.74 Å². The average Bonchev–Trinajstić information content (AvgIpc) is 2.35. The quantitative estimate of drug-likeness (QED) is 0.802. The lowest BCUT2D eigenvalue weighted by Crippen LogP contribution is -2.18. The molecule has 0 aromatic heterocycles. The van der Waals surface area contributed by atoms with Crippen LogP contribution in [0.3, 0.4) is 0 Å². The molecule has 2 nitrogen and oxygen atoms in total. The number of methoxy groups -OCH3 is 1. The van der Waals surface area contributed by atoms with E-state index in [1.165, 1.54) is 5.56 Å². The molecule has 90 valence electrons. The van der Waals surface area contributed by atoms with Crippen LogP contribution in [0.15, 0.2) is 24.3 Å². The van der Waals surface area contributed by atoms with Crippen molar-refractivity contribution in [1.82, 2.24) is 0 Å². The van der Waals surface area contributed by atoms with Gasteiger partial charge in [0, 0.05) is 6.61 Å². The molecule has 0 saturated carbocycles. The zero-order valence-electron chi connectivity index (χ0n) is 10.4. The molecule has 16 heavy (non-hydrogen) atoms. The lowest BCUT2D eigenvalue weighted by atomic mass is 9.87. The van der Waals surface area contributed by atoms with E-state index in [0.717, 1.165) is 18.6 Å². The lowest BCUT2D eigenvalue weighted by molar-refractivity contribution is 0.179. The molecule has 0 saturated heterocycles. The van der Waals surface area contributed by atoms with E-state index >= 15 is 0 Å². The number of benzene rings is 1. The van der Waals surface area contributed by atoms with Crippen LogP contribution in [0, 0.1) is 11.8 Å². The first-order valence-electron chi connectivity index (χ1n) is 5.95. The van der Waals surface area contributed by atoms with Crippen LogP contribution in [0.5, 0.6) is 5.75 Å². The van der Waals surface area contributed by atoms with E-state index in [2.05, 4.69) is 26.0 Å². The molecule has 2 atom stereocenters. The van der Waals surface area contributed by atoms with Crippen LogP contribution < -0.4 is 4.74 Å². The third-order valence-corrected chi connectivity index (χ3v) is 3.34. The van der Waals surface area contributed by atoms with Gasteiger partial charge < -0.3 is 9.84 Å². The molecule has 2 unspecified atom stereocenters. The van der Waals surface area contributed by atoms with E-state index in [0.29, 0.717) is 11.8 Å². The maximum Gasteiger partial charge on any atom is 0.118 e. The predicted molar refractivity (Wildman–Crippen MR) is 66.7 cm³/mol. The minimum absolute atomic E-state index is 0.265. The molecule has 1 N–H and O–H groups in total. The van der Waals surface area contributed by atoms with E-state index in [9.17, 15) is 5.11 Å². The summed E-state index contributed by atoms with van der Waals surface area (Å²) in [5.41, 5.74) is 1.26. The minimum Gasteiger partial charge on any atom is -0.497 e. The molecule has 0 aliphatic carbocycles. The van der Waals surface area contributed by atoms with Crippen molar-refractivity contribution < 1.29 is 9.84 Å². The van der Waals surface area contributed by atoms with Crippen molar-refractivity contribution in [2.75, 3.05) is 13.7 Å². The normalized spacial score (nSPS) is 14.5. The van der Waals surface area contributed by atoms with Gasteiger partial charge in [-0.1, -0.05) is 32.4 Å². The molecule has 1 rings (SSSR count). The molecule has 1 aromatic carbocycles. The molecule has 0 spiro atoms. The first-order valence-corrected chi connectivity index (χ1v) is 5.95. The second kappa shape index (κ2) is 6.54. The Labute approximate surface area is 98.3 Å². The third kappa shape index (κ3) is 3.53. The van der Waals surface area contributed by atoms with Gasteiger partial charge in [-0.05, 0) is 36.0 Å². The summed E-state index contributed by atoms with van der Waals surface area (Å²) < 4.78 is 5.12. The number of ether oxygens (including phenoxy) is 1. The van der Waals surface area contributed by atoms with Gasteiger partial charge >= 0.3 is 0 Å². The molecule has 0 aliphatic heterocycles. The van der Waals surface area contributed by atoms with Gasteiger partial charge in [-0.25, -0.2) is 0 Å². The van der Waals surface area contributed by atoms with E-state index < -0.39 is 0 Å². The number of hydrogen-bond donors (Lipinski definition) is 1. The number of rotatable bonds is 6. The average molecular weight is 222 g/mol. The van der Waals surface area contributed by atoms with Gasteiger partial charge in [-0.15, -0.1) is 0 Å². The minimum atomic E-state index is 0.265. The molecule has 0 amide bonds. The van der Waals surface area contributed by atoms with Crippen LogP contribution in [0.4, 0.5) is 0 Å². The van der Waals surface area contributed by atoms with Crippen LogP contribution in [-0.2, 0) is 6.42 Å². The Bertz CT molecular complexity index is 292.